The van der Waals surface area contributed by atoms with E-state index < -0.39 is 59.3 Å². The summed E-state index contributed by atoms with van der Waals surface area (Å²) in [4.78, 5) is 82.6. The average Bonchev–Trinajstić information content (AvgIpc) is 2.95. The van der Waals surface area contributed by atoms with Gasteiger partial charge in [-0.15, -0.1) is 0 Å². The Hall–Kier alpha value is -4.76. The summed E-state index contributed by atoms with van der Waals surface area (Å²) < 4.78 is 19.1. The van der Waals surface area contributed by atoms with Crippen molar-refractivity contribution in [3.8, 4) is 0 Å². The van der Waals surface area contributed by atoms with Crippen molar-refractivity contribution < 1.29 is 62.4 Å². The molecule has 0 aromatic heterocycles. The second kappa shape index (κ2) is 29.6. The first-order valence-electron chi connectivity index (χ1n) is 14.8. The van der Waals surface area contributed by atoms with Crippen LogP contribution >= 0.6 is 0 Å². The number of nitrogens with two attached hydrogens (primary N) is 1. The third kappa shape index (κ3) is 39.3. The lowest BCUT2D eigenvalue weighted by molar-refractivity contribution is -0.191. The number of carboxylic acid groups (broad SMARTS) is 1. The highest BCUT2D eigenvalue weighted by molar-refractivity contribution is 5.91. The lowest BCUT2D eigenvalue weighted by atomic mass is 10.2. The fraction of sp³-hybridized carbons (Fsp3) is 0.645. The monoisotopic (exact) mass is 690 g/mol. The Balaban J connectivity index is -0.000000314. The van der Waals surface area contributed by atoms with Crippen molar-refractivity contribution in [3.63, 3.8) is 0 Å². The SMILES string of the molecule is C/C=C/C(=O)NC(CCNC(=O)OC(C)(C)C)C(=O)OC.CC/C=C\CC(=O)O.COC(=O)C(N)CCNC(=O)OC(C)(C)C.O=C=O. The first-order valence-corrected chi connectivity index (χ1v) is 14.8. The van der Waals surface area contributed by atoms with Crippen LogP contribution in [-0.4, -0.2) is 97.9 Å². The number of carboxylic acids is 1. The first-order chi connectivity index (χ1) is 22.1. The molecule has 0 saturated carbocycles. The van der Waals surface area contributed by atoms with Gasteiger partial charge in [0.1, 0.15) is 23.3 Å². The molecule has 0 aliphatic heterocycles. The van der Waals surface area contributed by atoms with E-state index >= 15 is 0 Å². The van der Waals surface area contributed by atoms with Crippen LogP contribution in [0.15, 0.2) is 24.3 Å². The van der Waals surface area contributed by atoms with Gasteiger partial charge in [-0.05, 0) is 73.8 Å². The lowest BCUT2D eigenvalue weighted by Gasteiger charge is -2.20. The molecule has 17 nitrogen and oxygen atoms in total. The molecule has 0 radical (unpaired) electrons. The second-order valence-corrected chi connectivity index (χ2v) is 11.2. The zero-order chi connectivity index (χ0) is 38.3. The van der Waals surface area contributed by atoms with Gasteiger partial charge in [-0.25, -0.2) is 14.4 Å². The van der Waals surface area contributed by atoms with E-state index in [0.29, 0.717) is 6.42 Å². The molecule has 0 aromatic carbocycles. The van der Waals surface area contributed by atoms with E-state index in [1.54, 1.807) is 60.6 Å². The Kier molecular flexibility index (Phi) is 30.9. The number of amides is 3. The smallest absolute Gasteiger partial charge is 0.407 e. The minimum absolute atomic E-state index is 0.147. The van der Waals surface area contributed by atoms with Gasteiger partial charge >= 0.3 is 36.2 Å². The number of alkyl carbamates (subject to hydrolysis) is 2. The van der Waals surface area contributed by atoms with Crippen LogP contribution in [0, 0.1) is 0 Å². The number of hydrogen-bond donors (Lipinski definition) is 5. The van der Waals surface area contributed by atoms with Gasteiger partial charge in [0.15, 0.2) is 0 Å². The fourth-order valence-electron chi connectivity index (χ4n) is 2.66. The number of hydrogen-bond acceptors (Lipinski definition) is 13. The number of carbonyl (C=O) groups is 6. The van der Waals surface area contributed by atoms with E-state index in [0.717, 1.165) is 6.42 Å². The first kappa shape index (κ1) is 50.1. The second-order valence-electron chi connectivity index (χ2n) is 11.2. The number of aliphatic carboxylic acids is 1. The van der Waals surface area contributed by atoms with Crippen molar-refractivity contribution in [1.29, 1.82) is 0 Å². The van der Waals surface area contributed by atoms with Gasteiger partial charge in [0.25, 0.3) is 0 Å². The van der Waals surface area contributed by atoms with E-state index in [-0.39, 0.29) is 32.1 Å². The van der Waals surface area contributed by atoms with Gasteiger partial charge in [0.2, 0.25) is 5.91 Å². The summed E-state index contributed by atoms with van der Waals surface area (Å²) in [7, 11) is 2.50. The predicted octanol–water partition coefficient (Wildman–Crippen LogP) is 2.38. The molecule has 6 N–H and O–H groups in total. The third-order valence-corrected chi connectivity index (χ3v) is 4.54. The summed E-state index contributed by atoms with van der Waals surface area (Å²) in [5, 5.41) is 15.6. The highest BCUT2D eigenvalue weighted by atomic mass is 16.6. The number of methoxy groups -OCH3 is 2. The number of rotatable bonds is 13. The molecular weight excluding hydrogens is 636 g/mol. The Labute approximate surface area is 282 Å². The summed E-state index contributed by atoms with van der Waals surface area (Å²) in [5.74, 6) is -2.23. The van der Waals surface area contributed by atoms with E-state index in [2.05, 4.69) is 25.4 Å². The van der Waals surface area contributed by atoms with Gasteiger partial charge in [-0.2, -0.15) is 9.59 Å². The zero-order valence-corrected chi connectivity index (χ0v) is 29.6. The quantitative estimate of drug-likeness (QED) is 0.0805. The minimum Gasteiger partial charge on any atom is -0.481 e. The van der Waals surface area contributed by atoms with Gasteiger partial charge in [-0.1, -0.05) is 25.2 Å². The van der Waals surface area contributed by atoms with Crippen LogP contribution < -0.4 is 21.7 Å². The molecule has 2 unspecified atom stereocenters. The van der Waals surface area contributed by atoms with Crippen LogP contribution in [0.2, 0.25) is 0 Å². The predicted molar refractivity (Wildman–Crippen MR) is 173 cm³/mol. The van der Waals surface area contributed by atoms with E-state index in [9.17, 15) is 28.8 Å². The standard InChI is InChI=1S/C14H24N2O5.C10H20N2O4.C6H10O2.CO2/c1-6-7-11(17)16-10(12(18)20-5)8-9-15-13(19)21-14(2,3)4;1-10(2,3)16-9(14)12-6-5-7(11)8(13)15-4;1-2-3-4-5-6(7)8;2-1-3/h6-7,10H,8-9H2,1-5H3,(H,15,19)(H,16,17);7H,5-6,11H2,1-4H3,(H,12,14);3-4H,2,5H2,1H3,(H,7,8);/b7-6+;;4-3-;. The summed E-state index contributed by atoms with van der Waals surface area (Å²) in [6.07, 6.45) is 7.08. The molecule has 2 atom stereocenters. The molecule has 0 aliphatic carbocycles. The molecule has 276 valence electrons. The molecule has 0 fully saturated rings. The van der Waals surface area contributed by atoms with Crippen molar-refractivity contribution in [2.45, 2.75) is 104 Å². The van der Waals surface area contributed by atoms with Crippen molar-refractivity contribution in [1.82, 2.24) is 16.0 Å². The molecular formula is C31H54N4O13. The topological polar surface area (TPSA) is 256 Å². The van der Waals surface area contributed by atoms with Gasteiger partial charge < -0.3 is 45.7 Å². The molecule has 0 aliphatic rings. The van der Waals surface area contributed by atoms with Crippen LogP contribution in [0.25, 0.3) is 0 Å². The molecule has 0 heterocycles. The fourth-order valence-corrected chi connectivity index (χ4v) is 2.66. The maximum Gasteiger partial charge on any atom is 0.407 e. The van der Waals surface area contributed by atoms with Crippen LogP contribution in [0.5, 0.6) is 0 Å². The molecule has 3 amide bonds. The molecule has 0 spiro atoms. The van der Waals surface area contributed by atoms with Gasteiger partial charge in [0.05, 0.1) is 20.6 Å². The summed E-state index contributed by atoms with van der Waals surface area (Å²) in [5.41, 5.74) is 4.35. The van der Waals surface area contributed by atoms with Crippen LogP contribution in [0.1, 0.15) is 81.1 Å². The number of esters is 2. The molecule has 0 rings (SSSR count). The van der Waals surface area contributed by atoms with Gasteiger partial charge in [-0.3, -0.25) is 14.4 Å². The van der Waals surface area contributed by atoms with Crippen molar-refractivity contribution >= 4 is 42.2 Å². The molecule has 17 heteroatoms. The van der Waals surface area contributed by atoms with Crippen LogP contribution in [0.4, 0.5) is 9.59 Å². The number of ether oxygens (including phenoxy) is 4. The molecule has 0 saturated heterocycles. The number of nitrogens with one attached hydrogen (secondary N) is 3. The molecule has 0 aromatic rings. The summed E-state index contributed by atoms with van der Waals surface area (Å²) >= 11 is 0. The van der Waals surface area contributed by atoms with Crippen LogP contribution in [-0.2, 0) is 47.7 Å². The lowest BCUT2D eigenvalue weighted by Crippen LogP contribution is -2.43. The maximum atomic E-state index is 11.6. The Bertz CT molecular complexity index is 1060. The van der Waals surface area contributed by atoms with Crippen molar-refractivity contribution in [2.24, 2.45) is 5.73 Å². The largest absolute Gasteiger partial charge is 0.481 e. The minimum atomic E-state index is -0.825. The van der Waals surface area contributed by atoms with Crippen molar-refractivity contribution in [2.75, 3.05) is 27.3 Å². The Morgan fingerprint density at radius 1 is 0.812 bits per heavy atom. The molecule has 0 bridgehead atoms. The Morgan fingerprint density at radius 2 is 1.25 bits per heavy atom. The normalized spacial score (nSPS) is 11.6. The molecule has 48 heavy (non-hydrogen) atoms. The summed E-state index contributed by atoms with van der Waals surface area (Å²) in [6, 6.07) is -1.55. The highest BCUT2D eigenvalue weighted by Gasteiger charge is 2.22. The van der Waals surface area contributed by atoms with Gasteiger partial charge in [0, 0.05) is 13.1 Å². The average molecular weight is 691 g/mol. The van der Waals surface area contributed by atoms with Crippen LogP contribution in [0.3, 0.4) is 0 Å². The number of carbonyl (C=O) groups excluding carboxylic acids is 7. The maximum absolute atomic E-state index is 11.6. The third-order valence-electron chi connectivity index (χ3n) is 4.54. The zero-order valence-electron chi connectivity index (χ0n) is 29.6. The van der Waals surface area contributed by atoms with E-state index in [1.807, 2.05) is 13.0 Å². The van der Waals surface area contributed by atoms with E-state index in [4.69, 9.17) is 29.9 Å². The number of allylic oxidation sites excluding steroid dienone is 2. The highest BCUT2D eigenvalue weighted by Crippen LogP contribution is 2.07. The summed E-state index contributed by atoms with van der Waals surface area (Å²) in [6.45, 7) is 14.7. The Morgan fingerprint density at radius 3 is 1.60 bits per heavy atom. The van der Waals surface area contributed by atoms with Crippen molar-refractivity contribution in [3.05, 3.63) is 24.3 Å². The van der Waals surface area contributed by atoms with E-state index in [1.165, 1.54) is 20.3 Å².